The van der Waals surface area contributed by atoms with Crippen LogP contribution in [0.5, 0.6) is 11.5 Å². The van der Waals surface area contributed by atoms with E-state index in [1.54, 1.807) is 12.1 Å². The lowest BCUT2D eigenvalue weighted by Gasteiger charge is -1.99. The molecule has 0 saturated heterocycles. The summed E-state index contributed by atoms with van der Waals surface area (Å²) >= 11 is 5.71. The highest BCUT2D eigenvalue weighted by Gasteiger charge is 2.16. The lowest BCUT2D eigenvalue weighted by atomic mass is 10.3. The second-order valence-electron chi connectivity index (χ2n) is 2.23. The zero-order valence-electron chi connectivity index (χ0n) is 5.63. The van der Waals surface area contributed by atoms with Crippen molar-refractivity contribution in [1.82, 2.24) is 0 Å². The Morgan fingerprint density at radius 2 is 2.18 bits per heavy atom. The largest absolute Gasteiger partial charge is 0.453 e. The van der Waals surface area contributed by atoms with Gasteiger partial charge >= 0.3 is 0 Å². The van der Waals surface area contributed by atoms with Crippen molar-refractivity contribution in [3.63, 3.8) is 0 Å². The maximum atomic E-state index is 5.71. The molecule has 1 aliphatic rings. The van der Waals surface area contributed by atoms with Gasteiger partial charge in [-0.3, -0.25) is 0 Å². The highest BCUT2D eigenvalue weighted by molar-refractivity contribution is 6.31. The molecular formula is C7H6ClNO2. The molecule has 0 saturated carbocycles. The molecule has 3 nitrogen and oxygen atoms in total. The van der Waals surface area contributed by atoms with Gasteiger partial charge in [0, 0.05) is 11.1 Å². The van der Waals surface area contributed by atoms with Crippen LogP contribution in [0.3, 0.4) is 0 Å². The molecule has 2 N–H and O–H groups in total. The Kier molecular flexibility index (Phi) is 1.32. The normalized spacial score (nSPS) is 13.5. The summed E-state index contributed by atoms with van der Waals surface area (Å²) < 4.78 is 10.2. The first-order valence-corrected chi connectivity index (χ1v) is 3.50. The molecule has 0 spiro atoms. The van der Waals surface area contributed by atoms with Gasteiger partial charge in [-0.05, 0) is 6.07 Å². The van der Waals surface area contributed by atoms with E-state index < -0.39 is 0 Å². The number of halogens is 1. The number of anilines is 1. The molecule has 0 aliphatic carbocycles. The summed E-state index contributed by atoms with van der Waals surface area (Å²) in [6.45, 7) is 0.222. The van der Waals surface area contributed by atoms with E-state index in [0.717, 1.165) is 0 Å². The van der Waals surface area contributed by atoms with Crippen molar-refractivity contribution in [3.8, 4) is 11.5 Å². The summed E-state index contributed by atoms with van der Waals surface area (Å²) in [6, 6.07) is 3.31. The van der Waals surface area contributed by atoms with Crippen molar-refractivity contribution >= 4 is 17.3 Å². The molecule has 58 valence electrons. The predicted molar refractivity (Wildman–Crippen MR) is 42.0 cm³/mol. The van der Waals surface area contributed by atoms with Crippen LogP contribution in [-0.4, -0.2) is 6.79 Å². The highest BCUT2D eigenvalue weighted by atomic mass is 35.5. The number of benzene rings is 1. The molecule has 1 heterocycles. The summed E-state index contributed by atoms with van der Waals surface area (Å²) in [4.78, 5) is 0. The topological polar surface area (TPSA) is 44.5 Å². The molecule has 0 unspecified atom stereocenters. The second-order valence-corrected chi connectivity index (χ2v) is 2.67. The maximum absolute atomic E-state index is 5.71. The van der Waals surface area contributed by atoms with Crippen molar-refractivity contribution in [3.05, 3.63) is 17.2 Å². The number of rotatable bonds is 0. The van der Waals surface area contributed by atoms with E-state index in [1.807, 2.05) is 0 Å². The van der Waals surface area contributed by atoms with Crippen LogP contribution in [0.15, 0.2) is 12.1 Å². The number of nitrogen functional groups attached to an aromatic ring is 1. The van der Waals surface area contributed by atoms with Crippen LogP contribution in [0.1, 0.15) is 0 Å². The molecule has 0 atom stereocenters. The third-order valence-electron chi connectivity index (χ3n) is 1.47. The SMILES string of the molecule is Nc1cc(Cl)cc2c1OCO2. The van der Waals surface area contributed by atoms with Crippen molar-refractivity contribution in [2.24, 2.45) is 0 Å². The molecule has 0 bridgehead atoms. The molecule has 1 aromatic rings. The van der Waals surface area contributed by atoms with Crippen LogP contribution >= 0.6 is 11.6 Å². The number of ether oxygens (including phenoxy) is 2. The molecule has 0 aromatic heterocycles. The summed E-state index contributed by atoms with van der Waals surface area (Å²) in [7, 11) is 0. The first kappa shape index (κ1) is 6.61. The van der Waals surface area contributed by atoms with Crippen LogP contribution in [0.4, 0.5) is 5.69 Å². The third kappa shape index (κ3) is 0.973. The standard InChI is InChI=1S/C7H6ClNO2/c8-4-1-5(9)7-6(2-4)10-3-11-7/h1-2H,3,9H2. The van der Waals surface area contributed by atoms with Gasteiger partial charge in [-0.2, -0.15) is 0 Å². The zero-order chi connectivity index (χ0) is 7.84. The van der Waals surface area contributed by atoms with Gasteiger partial charge in [0.15, 0.2) is 11.5 Å². The van der Waals surface area contributed by atoms with E-state index in [1.165, 1.54) is 0 Å². The summed E-state index contributed by atoms with van der Waals surface area (Å²) in [5, 5.41) is 0.562. The smallest absolute Gasteiger partial charge is 0.231 e. The molecule has 1 aromatic carbocycles. The van der Waals surface area contributed by atoms with Crippen LogP contribution < -0.4 is 15.2 Å². The van der Waals surface area contributed by atoms with E-state index in [0.29, 0.717) is 22.2 Å². The van der Waals surface area contributed by atoms with Gasteiger partial charge in [0.05, 0.1) is 5.69 Å². The summed E-state index contributed by atoms with van der Waals surface area (Å²) in [6.07, 6.45) is 0. The molecule has 0 fully saturated rings. The number of hydrogen-bond acceptors (Lipinski definition) is 3. The van der Waals surface area contributed by atoms with Gasteiger partial charge in [-0.25, -0.2) is 0 Å². The molecule has 1 aliphatic heterocycles. The summed E-state index contributed by atoms with van der Waals surface area (Å²) in [5.41, 5.74) is 6.10. The first-order chi connectivity index (χ1) is 5.27. The lowest BCUT2D eigenvalue weighted by molar-refractivity contribution is 0.174. The minimum absolute atomic E-state index is 0.222. The van der Waals surface area contributed by atoms with E-state index in [4.69, 9.17) is 26.8 Å². The minimum atomic E-state index is 0.222. The number of nitrogens with two attached hydrogens (primary N) is 1. The monoisotopic (exact) mass is 171 g/mol. The molecular weight excluding hydrogens is 166 g/mol. The van der Waals surface area contributed by atoms with Gasteiger partial charge in [-0.1, -0.05) is 11.6 Å². The quantitative estimate of drug-likeness (QED) is 0.604. The maximum Gasteiger partial charge on any atom is 0.231 e. The zero-order valence-corrected chi connectivity index (χ0v) is 6.39. The Hall–Kier alpha value is -1.09. The van der Waals surface area contributed by atoms with Crippen molar-refractivity contribution in [2.75, 3.05) is 12.5 Å². The van der Waals surface area contributed by atoms with E-state index in [2.05, 4.69) is 0 Å². The van der Waals surface area contributed by atoms with E-state index in [9.17, 15) is 0 Å². The molecule has 4 heteroatoms. The van der Waals surface area contributed by atoms with Crippen molar-refractivity contribution in [2.45, 2.75) is 0 Å². The van der Waals surface area contributed by atoms with Crippen molar-refractivity contribution < 1.29 is 9.47 Å². The Labute approximate surface area is 68.7 Å². The van der Waals surface area contributed by atoms with Crippen LogP contribution in [0.2, 0.25) is 5.02 Å². The third-order valence-corrected chi connectivity index (χ3v) is 1.68. The Morgan fingerprint density at radius 1 is 1.36 bits per heavy atom. The Balaban J connectivity index is 2.60. The molecule has 11 heavy (non-hydrogen) atoms. The fraction of sp³-hybridized carbons (Fsp3) is 0.143. The van der Waals surface area contributed by atoms with E-state index >= 15 is 0 Å². The average molecular weight is 172 g/mol. The Bertz CT molecular complexity index is 301. The van der Waals surface area contributed by atoms with Gasteiger partial charge in [-0.15, -0.1) is 0 Å². The fourth-order valence-corrected chi connectivity index (χ4v) is 1.22. The number of fused-ring (bicyclic) bond motifs is 1. The number of hydrogen-bond donors (Lipinski definition) is 1. The minimum Gasteiger partial charge on any atom is -0.453 e. The highest BCUT2D eigenvalue weighted by Crippen LogP contribution is 2.39. The van der Waals surface area contributed by atoms with Gasteiger partial charge in [0.2, 0.25) is 6.79 Å². The molecule has 0 amide bonds. The average Bonchev–Trinajstić information content (AvgIpc) is 2.34. The second kappa shape index (κ2) is 2.20. The van der Waals surface area contributed by atoms with Gasteiger partial charge in [0.25, 0.3) is 0 Å². The molecule has 0 radical (unpaired) electrons. The summed E-state index contributed by atoms with van der Waals surface area (Å²) in [5.74, 6) is 1.21. The van der Waals surface area contributed by atoms with Gasteiger partial charge in [0.1, 0.15) is 0 Å². The van der Waals surface area contributed by atoms with Gasteiger partial charge < -0.3 is 15.2 Å². The Morgan fingerprint density at radius 3 is 3.00 bits per heavy atom. The fourth-order valence-electron chi connectivity index (χ4n) is 1.00. The predicted octanol–water partition coefficient (Wildman–Crippen LogP) is 1.65. The lowest BCUT2D eigenvalue weighted by Crippen LogP contribution is -1.94. The first-order valence-electron chi connectivity index (χ1n) is 3.12. The van der Waals surface area contributed by atoms with Crippen LogP contribution in [0.25, 0.3) is 0 Å². The van der Waals surface area contributed by atoms with Crippen LogP contribution in [-0.2, 0) is 0 Å². The van der Waals surface area contributed by atoms with Crippen LogP contribution in [0, 0.1) is 0 Å². The molecule has 2 rings (SSSR count). The van der Waals surface area contributed by atoms with E-state index in [-0.39, 0.29) is 6.79 Å². The van der Waals surface area contributed by atoms with Crippen molar-refractivity contribution in [1.29, 1.82) is 0 Å².